The van der Waals surface area contributed by atoms with E-state index in [4.69, 9.17) is 4.52 Å². The topological polar surface area (TPSA) is 117 Å². The first-order valence-corrected chi connectivity index (χ1v) is 7.13. The van der Waals surface area contributed by atoms with Crippen molar-refractivity contribution in [3.05, 3.63) is 11.7 Å². The lowest BCUT2D eigenvalue weighted by atomic mass is 9.96. The van der Waals surface area contributed by atoms with Crippen LogP contribution in [0.5, 0.6) is 0 Å². The van der Waals surface area contributed by atoms with E-state index >= 15 is 0 Å². The van der Waals surface area contributed by atoms with Crippen molar-refractivity contribution in [3.63, 3.8) is 0 Å². The predicted octanol–water partition coefficient (Wildman–Crippen LogP) is 0.477. The van der Waals surface area contributed by atoms with Crippen molar-refractivity contribution >= 4 is 11.9 Å². The second-order valence-corrected chi connectivity index (χ2v) is 5.84. The third-order valence-corrected chi connectivity index (χ3v) is 4.21. The van der Waals surface area contributed by atoms with E-state index in [1.54, 1.807) is 0 Å². The quantitative estimate of drug-likeness (QED) is 0.722. The highest BCUT2D eigenvalue weighted by Gasteiger charge is 2.49. The Morgan fingerprint density at radius 2 is 2.19 bits per heavy atom. The molecule has 8 nitrogen and oxygen atoms in total. The summed E-state index contributed by atoms with van der Waals surface area (Å²) in [6.07, 6.45) is 3.50. The fourth-order valence-corrected chi connectivity index (χ4v) is 2.65. The first-order valence-electron chi connectivity index (χ1n) is 7.13. The molecule has 1 aromatic heterocycles. The maximum Gasteiger partial charge on any atom is 0.329 e. The van der Waals surface area contributed by atoms with E-state index in [0.717, 1.165) is 32.2 Å². The summed E-state index contributed by atoms with van der Waals surface area (Å²) in [5.74, 6) is -1.44. The van der Waals surface area contributed by atoms with E-state index in [9.17, 15) is 14.7 Å². The van der Waals surface area contributed by atoms with E-state index in [1.807, 2.05) is 0 Å². The van der Waals surface area contributed by atoms with Crippen molar-refractivity contribution < 1.29 is 19.2 Å². The Kier molecular flexibility index (Phi) is 3.40. The van der Waals surface area contributed by atoms with Crippen LogP contribution in [0.25, 0.3) is 0 Å². The van der Waals surface area contributed by atoms with Crippen LogP contribution < -0.4 is 10.6 Å². The highest BCUT2D eigenvalue weighted by atomic mass is 16.5. The van der Waals surface area contributed by atoms with Gasteiger partial charge in [-0.15, -0.1) is 0 Å². The molecule has 0 bridgehead atoms. The van der Waals surface area contributed by atoms with Crippen LogP contribution in [-0.2, 0) is 4.79 Å². The summed E-state index contributed by atoms with van der Waals surface area (Å²) in [5.41, 5.74) is -1.27. The fraction of sp³-hybridized carbons (Fsp3) is 0.692. The van der Waals surface area contributed by atoms with Gasteiger partial charge in [0.2, 0.25) is 5.89 Å². The van der Waals surface area contributed by atoms with Crippen molar-refractivity contribution in [1.29, 1.82) is 0 Å². The molecule has 1 aliphatic heterocycles. The number of hydrogen-bond donors (Lipinski definition) is 3. The number of amides is 1. The number of hydrogen-bond acceptors (Lipinski definition) is 6. The maximum atomic E-state index is 12.1. The summed E-state index contributed by atoms with van der Waals surface area (Å²) in [5, 5.41) is 18.7. The maximum absolute atomic E-state index is 12.1. The SMILES string of the molecule is CC(NC(=O)c1noc(C2CCCN2)n1)(C(=O)O)C1CC1. The third kappa shape index (κ3) is 2.63. The lowest BCUT2D eigenvalue weighted by Gasteiger charge is -2.25. The molecule has 3 N–H and O–H groups in total. The van der Waals surface area contributed by atoms with E-state index in [2.05, 4.69) is 20.8 Å². The normalized spacial score (nSPS) is 24.5. The molecule has 2 atom stereocenters. The number of rotatable bonds is 5. The van der Waals surface area contributed by atoms with Gasteiger partial charge >= 0.3 is 5.97 Å². The molecule has 114 valence electrons. The number of nitrogens with one attached hydrogen (secondary N) is 2. The minimum Gasteiger partial charge on any atom is -0.480 e. The van der Waals surface area contributed by atoms with Gasteiger partial charge < -0.3 is 20.3 Å². The second kappa shape index (κ2) is 5.10. The van der Waals surface area contributed by atoms with Crippen LogP contribution in [0.2, 0.25) is 0 Å². The largest absolute Gasteiger partial charge is 0.480 e. The zero-order valence-corrected chi connectivity index (χ0v) is 11.8. The van der Waals surface area contributed by atoms with Gasteiger partial charge in [0.15, 0.2) is 0 Å². The summed E-state index contributed by atoms with van der Waals surface area (Å²) >= 11 is 0. The first kappa shape index (κ1) is 14.0. The Balaban J connectivity index is 1.71. The summed E-state index contributed by atoms with van der Waals surface area (Å²) in [4.78, 5) is 27.6. The predicted molar refractivity (Wildman–Crippen MR) is 70.5 cm³/mol. The van der Waals surface area contributed by atoms with Gasteiger partial charge in [-0.2, -0.15) is 4.98 Å². The molecule has 1 aromatic rings. The van der Waals surface area contributed by atoms with Crippen molar-refractivity contribution in [1.82, 2.24) is 20.8 Å². The van der Waals surface area contributed by atoms with Crippen molar-refractivity contribution in [2.24, 2.45) is 5.92 Å². The van der Waals surface area contributed by atoms with Crippen molar-refractivity contribution in [3.8, 4) is 0 Å². The summed E-state index contributed by atoms with van der Waals surface area (Å²) in [6.45, 7) is 2.40. The molecule has 0 aromatic carbocycles. The molecular weight excluding hydrogens is 276 g/mol. The molecule has 1 aliphatic carbocycles. The molecule has 2 fully saturated rings. The summed E-state index contributed by atoms with van der Waals surface area (Å²) in [7, 11) is 0. The molecule has 8 heteroatoms. The van der Waals surface area contributed by atoms with E-state index in [1.165, 1.54) is 6.92 Å². The van der Waals surface area contributed by atoms with Gasteiger partial charge in [0.25, 0.3) is 11.7 Å². The molecule has 3 rings (SSSR count). The standard InChI is InChI=1S/C13H18N4O4/c1-13(12(19)20,7-4-5-7)16-10(18)9-15-11(21-17-9)8-3-2-6-14-8/h7-8,14H,2-6H2,1H3,(H,16,18)(H,19,20). The van der Waals surface area contributed by atoms with Gasteiger partial charge in [0.05, 0.1) is 6.04 Å². The number of carboxylic acids is 1. The van der Waals surface area contributed by atoms with Crippen LogP contribution in [0.1, 0.15) is 55.2 Å². The Morgan fingerprint density at radius 1 is 1.43 bits per heavy atom. The second-order valence-electron chi connectivity index (χ2n) is 5.84. The van der Waals surface area contributed by atoms with Gasteiger partial charge in [-0.05, 0) is 45.1 Å². The van der Waals surface area contributed by atoms with E-state index in [-0.39, 0.29) is 17.8 Å². The Morgan fingerprint density at radius 3 is 2.76 bits per heavy atom. The smallest absolute Gasteiger partial charge is 0.329 e. The first-order chi connectivity index (χ1) is 10.0. The van der Waals surface area contributed by atoms with Gasteiger partial charge in [-0.1, -0.05) is 5.16 Å². The average molecular weight is 294 g/mol. The molecular formula is C13H18N4O4. The minimum atomic E-state index is -1.27. The molecule has 0 spiro atoms. The molecule has 2 aliphatic rings. The average Bonchev–Trinajstić information content (AvgIpc) is 2.97. The Hall–Kier alpha value is -1.96. The zero-order valence-electron chi connectivity index (χ0n) is 11.8. The van der Waals surface area contributed by atoms with Crippen molar-refractivity contribution in [2.45, 2.75) is 44.2 Å². The molecule has 0 radical (unpaired) electrons. The molecule has 2 unspecified atom stereocenters. The Bertz CT molecular complexity index is 562. The minimum absolute atomic E-state index is 0.0201. The lowest BCUT2D eigenvalue weighted by molar-refractivity contribution is -0.144. The Labute approximate surface area is 121 Å². The highest BCUT2D eigenvalue weighted by molar-refractivity contribution is 5.95. The number of carbonyl (C=O) groups is 2. The number of carbonyl (C=O) groups excluding carboxylic acids is 1. The van der Waals surface area contributed by atoms with Crippen LogP contribution in [0.15, 0.2) is 4.52 Å². The zero-order chi connectivity index (χ0) is 15.0. The van der Waals surface area contributed by atoms with Gasteiger partial charge in [0, 0.05) is 0 Å². The van der Waals surface area contributed by atoms with Crippen LogP contribution in [-0.4, -0.2) is 39.2 Å². The molecule has 21 heavy (non-hydrogen) atoms. The monoisotopic (exact) mass is 294 g/mol. The number of carboxylic acid groups (broad SMARTS) is 1. The number of aromatic nitrogens is 2. The molecule has 1 amide bonds. The van der Waals surface area contributed by atoms with Crippen molar-refractivity contribution in [2.75, 3.05) is 6.54 Å². The van der Waals surface area contributed by atoms with Crippen LogP contribution in [0, 0.1) is 5.92 Å². The van der Waals surface area contributed by atoms with E-state index < -0.39 is 17.4 Å². The lowest BCUT2D eigenvalue weighted by Crippen LogP contribution is -2.54. The summed E-state index contributed by atoms with van der Waals surface area (Å²) < 4.78 is 5.09. The molecule has 2 heterocycles. The van der Waals surface area contributed by atoms with Gasteiger partial charge in [-0.25, -0.2) is 4.79 Å². The van der Waals surface area contributed by atoms with E-state index in [0.29, 0.717) is 5.89 Å². The highest BCUT2D eigenvalue weighted by Crippen LogP contribution is 2.39. The fourth-order valence-electron chi connectivity index (χ4n) is 2.65. The summed E-state index contributed by atoms with van der Waals surface area (Å²) in [6, 6.07) is -0.0201. The third-order valence-electron chi connectivity index (χ3n) is 4.21. The molecule has 1 saturated heterocycles. The van der Waals surface area contributed by atoms with Gasteiger partial charge in [0.1, 0.15) is 5.54 Å². The number of aliphatic carboxylic acids is 1. The molecule has 1 saturated carbocycles. The van der Waals surface area contributed by atoms with Crippen LogP contribution >= 0.6 is 0 Å². The number of nitrogens with zero attached hydrogens (tertiary/aromatic N) is 2. The van der Waals surface area contributed by atoms with Crippen LogP contribution in [0.3, 0.4) is 0 Å². The van der Waals surface area contributed by atoms with Gasteiger partial charge in [-0.3, -0.25) is 4.79 Å². The van der Waals surface area contributed by atoms with Crippen LogP contribution in [0.4, 0.5) is 0 Å².